The number of nitrogens with zero attached hydrogens (tertiary/aromatic N) is 4. The molecule has 3 aromatic rings. The van der Waals surface area contributed by atoms with Gasteiger partial charge >= 0.3 is 0 Å². The third-order valence-electron chi connectivity index (χ3n) is 7.62. The van der Waals surface area contributed by atoms with Crippen molar-refractivity contribution in [1.82, 2.24) is 20.1 Å². The number of piperidine rings is 1. The smallest absolute Gasteiger partial charge is 0.253 e. The van der Waals surface area contributed by atoms with Crippen LogP contribution < -0.4 is 10.2 Å². The largest absolute Gasteiger partial charge is 0.353 e. The summed E-state index contributed by atoms with van der Waals surface area (Å²) in [5, 5.41) is 4.47. The second-order valence-electron chi connectivity index (χ2n) is 10.2. The molecule has 6 nitrogen and oxygen atoms in total. The third-order valence-corrected chi connectivity index (χ3v) is 8.48. The van der Waals surface area contributed by atoms with Gasteiger partial charge in [-0.3, -0.25) is 14.6 Å². The molecule has 0 unspecified atom stereocenters. The van der Waals surface area contributed by atoms with Crippen LogP contribution in [0.2, 0.25) is 15.1 Å². The van der Waals surface area contributed by atoms with E-state index in [1.165, 1.54) is 12.3 Å². The molecule has 3 heterocycles. The van der Waals surface area contributed by atoms with Crippen LogP contribution in [0, 0.1) is 11.6 Å². The minimum Gasteiger partial charge on any atom is -0.353 e. The minimum atomic E-state index is -0.953. The number of aromatic nitrogens is 1. The molecular formula is C29H32Cl3F2N5O. The van der Waals surface area contributed by atoms with Crippen molar-refractivity contribution in [1.29, 1.82) is 0 Å². The quantitative estimate of drug-likeness (QED) is 0.341. The summed E-state index contributed by atoms with van der Waals surface area (Å²) in [6.07, 6.45) is 3.72. The highest BCUT2D eigenvalue weighted by atomic mass is 35.5. The van der Waals surface area contributed by atoms with Gasteiger partial charge in [0.05, 0.1) is 10.6 Å². The zero-order valence-electron chi connectivity index (χ0n) is 21.9. The summed E-state index contributed by atoms with van der Waals surface area (Å²) in [6, 6.07) is 11.3. The zero-order chi connectivity index (χ0) is 28.2. The van der Waals surface area contributed by atoms with Gasteiger partial charge in [0.25, 0.3) is 5.91 Å². The number of hydrogen-bond acceptors (Lipinski definition) is 5. The van der Waals surface area contributed by atoms with Gasteiger partial charge in [0.1, 0.15) is 5.82 Å². The first-order chi connectivity index (χ1) is 19.3. The molecule has 2 fully saturated rings. The molecule has 1 amide bonds. The summed E-state index contributed by atoms with van der Waals surface area (Å²) in [7, 11) is 0. The van der Waals surface area contributed by atoms with Crippen LogP contribution in [-0.2, 0) is 13.1 Å². The minimum absolute atomic E-state index is 0. The third kappa shape index (κ3) is 7.04. The lowest BCUT2D eigenvalue weighted by molar-refractivity contribution is 0.0950. The van der Waals surface area contributed by atoms with Gasteiger partial charge in [-0.05, 0) is 67.4 Å². The van der Waals surface area contributed by atoms with Gasteiger partial charge in [-0.15, -0.1) is 0 Å². The molecule has 0 radical (unpaired) electrons. The van der Waals surface area contributed by atoms with Crippen LogP contribution in [0.25, 0.3) is 0 Å². The van der Waals surface area contributed by atoms with Gasteiger partial charge in [0.2, 0.25) is 0 Å². The van der Waals surface area contributed by atoms with E-state index in [4.69, 9.17) is 34.8 Å². The molecular weight excluding hydrogens is 579 g/mol. The number of carbonyl (C=O) groups excluding carboxylic acids is 1. The van der Waals surface area contributed by atoms with E-state index < -0.39 is 11.6 Å². The maximum absolute atomic E-state index is 13.4. The SMILES string of the molecule is O=C(NCc1ccc(F)c(F)c1)c1cnc(N2CCN(C3CCN(Cc4ccc(Cl)cc4Cl)CC3)CC2)c(Cl)c1.[HH]. The monoisotopic (exact) mass is 609 g/mol. The number of piperazine rings is 1. The van der Waals surface area contributed by atoms with Gasteiger partial charge in [-0.1, -0.05) is 46.9 Å². The number of rotatable bonds is 7. The standard InChI is InChI=1S/C29H30Cl3F2N5O.H2/c30-22-3-2-20(24(31)15-22)18-37-7-5-23(6-8-37)38-9-11-39(12-10-38)28-25(32)14-21(17-35-28)29(40)36-16-19-1-4-26(33)27(34)13-19;/h1-4,13-15,17,23H,5-12,16,18H2,(H,36,40);1H. The van der Waals surface area contributed by atoms with Crippen LogP contribution in [0.5, 0.6) is 0 Å². The summed E-state index contributed by atoms with van der Waals surface area (Å²) in [5.41, 5.74) is 1.87. The first kappa shape index (κ1) is 29.0. The molecule has 0 aliphatic carbocycles. The number of hydrogen-bond donors (Lipinski definition) is 1. The molecule has 5 rings (SSSR count). The normalized spacial score (nSPS) is 17.3. The highest BCUT2D eigenvalue weighted by Crippen LogP contribution is 2.28. The number of carbonyl (C=O) groups is 1. The Kier molecular flexibility index (Phi) is 9.43. The van der Waals surface area contributed by atoms with Crippen LogP contribution in [0.4, 0.5) is 14.6 Å². The molecule has 1 aromatic heterocycles. The Morgan fingerprint density at radius 3 is 2.35 bits per heavy atom. The summed E-state index contributed by atoms with van der Waals surface area (Å²) in [6.45, 7) is 6.38. The fourth-order valence-corrected chi connectivity index (χ4v) is 6.11. The first-order valence-corrected chi connectivity index (χ1v) is 14.4. The molecule has 40 heavy (non-hydrogen) atoms. The fraction of sp³-hybridized carbons (Fsp3) is 0.379. The van der Waals surface area contributed by atoms with Gasteiger partial charge in [-0.25, -0.2) is 13.8 Å². The van der Waals surface area contributed by atoms with E-state index in [9.17, 15) is 13.6 Å². The van der Waals surface area contributed by atoms with Crippen molar-refractivity contribution in [2.45, 2.75) is 32.0 Å². The Morgan fingerprint density at radius 2 is 1.68 bits per heavy atom. The topological polar surface area (TPSA) is 51.7 Å². The van der Waals surface area contributed by atoms with Gasteiger partial charge in [0.15, 0.2) is 11.6 Å². The van der Waals surface area contributed by atoms with Crippen molar-refractivity contribution in [3.05, 3.63) is 92.1 Å². The lowest BCUT2D eigenvalue weighted by Crippen LogP contribution is -2.53. The van der Waals surface area contributed by atoms with Crippen molar-refractivity contribution in [2.75, 3.05) is 44.2 Å². The van der Waals surface area contributed by atoms with Gasteiger partial charge < -0.3 is 10.2 Å². The predicted molar refractivity (Wildman–Crippen MR) is 157 cm³/mol. The summed E-state index contributed by atoms with van der Waals surface area (Å²) in [4.78, 5) is 24.2. The maximum Gasteiger partial charge on any atom is 0.253 e. The second kappa shape index (κ2) is 13.0. The number of anilines is 1. The van der Waals surface area contributed by atoms with E-state index in [2.05, 4.69) is 25.0 Å². The van der Waals surface area contributed by atoms with E-state index in [0.717, 1.165) is 76.4 Å². The van der Waals surface area contributed by atoms with Crippen LogP contribution in [0.3, 0.4) is 0 Å². The maximum atomic E-state index is 13.4. The fourth-order valence-electron chi connectivity index (χ4n) is 5.35. The average molecular weight is 611 g/mol. The zero-order valence-corrected chi connectivity index (χ0v) is 24.1. The molecule has 214 valence electrons. The molecule has 0 spiro atoms. The Morgan fingerprint density at radius 1 is 0.925 bits per heavy atom. The second-order valence-corrected chi connectivity index (χ2v) is 11.5. The van der Waals surface area contributed by atoms with Gasteiger partial charge in [0, 0.05) is 63.0 Å². The summed E-state index contributed by atoms with van der Waals surface area (Å²) < 4.78 is 26.5. The summed E-state index contributed by atoms with van der Waals surface area (Å²) in [5.74, 6) is -1.61. The lowest BCUT2D eigenvalue weighted by atomic mass is 10.0. The molecule has 2 aromatic carbocycles. The van der Waals surface area contributed by atoms with Crippen molar-refractivity contribution >= 4 is 46.5 Å². The molecule has 2 aliphatic rings. The van der Waals surface area contributed by atoms with Crippen LogP contribution in [0.15, 0.2) is 48.7 Å². The van der Waals surface area contributed by atoms with Crippen LogP contribution in [0.1, 0.15) is 35.8 Å². The highest BCUT2D eigenvalue weighted by Gasteiger charge is 2.29. The number of pyridine rings is 1. The Hall–Kier alpha value is -2.49. The molecule has 0 atom stereocenters. The molecule has 0 bridgehead atoms. The number of nitrogens with one attached hydrogen (secondary N) is 1. The predicted octanol–water partition coefficient (Wildman–Crippen LogP) is 6.28. The molecule has 2 aliphatic heterocycles. The Labute approximate surface area is 249 Å². The molecule has 0 saturated carbocycles. The van der Waals surface area contributed by atoms with Crippen molar-refractivity contribution in [3.8, 4) is 0 Å². The summed E-state index contributed by atoms with van der Waals surface area (Å²) >= 11 is 18.9. The van der Waals surface area contributed by atoms with E-state index in [-0.39, 0.29) is 13.9 Å². The number of halogens is 5. The molecule has 11 heteroatoms. The van der Waals surface area contributed by atoms with E-state index in [0.29, 0.717) is 38.1 Å². The van der Waals surface area contributed by atoms with E-state index >= 15 is 0 Å². The number of benzene rings is 2. The van der Waals surface area contributed by atoms with Crippen LogP contribution >= 0.6 is 34.8 Å². The van der Waals surface area contributed by atoms with E-state index in [1.54, 1.807) is 12.1 Å². The lowest BCUT2D eigenvalue weighted by Gasteiger charge is -2.43. The van der Waals surface area contributed by atoms with Crippen molar-refractivity contribution in [2.24, 2.45) is 0 Å². The van der Waals surface area contributed by atoms with E-state index in [1.807, 2.05) is 12.1 Å². The molecule has 2 saturated heterocycles. The first-order valence-electron chi connectivity index (χ1n) is 13.3. The number of amides is 1. The Balaban J connectivity index is 0.00000387. The average Bonchev–Trinajstić information content (AvgIpc) is 2.95. The van der Waals surface area contributed by atoms with Gasteiger partial charge in [-0.2, -0.15) is 0 Å². The van der Waals surface area contributed by atoms with Crippen LogP contribution in [-0.4, -0.2) is 66.0 Å². The van der Waals surface area contributed by atoms with Crippen molar-refractivity contribution in [3.63, 3.8) is 0 Å². The van der Waals surface area contributed by atoms with Crippen molar-refractivity contribution < 1.29 is 15.0 Å². The highest BCUT2D eigenvalue weighted by molar-refractivity contribution is 6.35. The number of likely N-dealkylation sites (tertiary alicyclic amines) is 1. The Bertz CT molecular complexity index is 1370. The molecule has 1 N–H and O–H groups in total.